The van der Waals surface area contributed by atoms with E-state index in [0.29, 0.717) is 12.8 Å². The van der Waals surface area contributed by atoms with Gasteiger partial charge in [-0.1, -0.05) is 0 Å². The van der Waals surface area contributed by atoms with Gasteiger partial charge in [0.05, 0.1) is 18.6 Å². The summed E-state index contributed by atoms with van der Waals surface area (Å²) in [5.41, 5.74) is 0.261. The van der Waals surface area contributed by atoms with E-state index in [-0.39, 0.29) is 34.4 Å². The van der Waals surface area contributed by atoms with E-state index < -0.39 is 10.0 Å². The van der Waals surface area contributed by atoms with Gasteiger partial charge in [0.25, 0.3) is 15.9 Å². The summed E-state index contributed by atoms with van der Waals surface area (Å²) in [5, 5.41) is 2.61. The van der Waals surface area contributed by atoms with Gasteiger partial charge in [-0.15, -0.1) is 0 Å². The molecule has 0 unspecified atom stereocenters. The van der Waals surface area contributed by atoms with E-state index in [0.717, 1.165) is 0 Å². The van der Waals surface area contributed by atoms with Crippen LogP contribution < -0.4 is 10.0 Å². The van der Waals surface area contributed by atoms with Crippen molar-refractivity contribution in [2.75, 3.05) is 14.2 Å². The van der Waals surface area contributed by atoms with Gasteiger partial charge in [0.15, 0.2) is 5.03 Å². The molecule has 0 aliphatic heterocycles. The lowest BCUT2D eigenvalue weighted by Gasteiger charge is -2.33. The minimum absolute atomic E-state index is 0.0858. The van der Waals surface area contributed by atoms with E-state index in [1.807, 2.05) is 0 Å². The Morgan fingerprint density at radius 3 is 2.50 bits per heavy atom. The Hall–Kier alpha value is -2.00. The van der Waals surface area contributed by atoms with Crippen molar-refractivity contribution in [3.63, 3.8) is 0 Å². The normalized spacial score (nSPS) is 20.8. The summed E-state index contributed by atoms with van der Waals surface area (Å²) >= 11 is 0. The summed E-state index contributed by atoms with van der Waals surface area (Å²) in [5.74, 6) is -0.792. The van der Waals surface area contributed by atoms with E-state index in [4.69, 9.17) is 0 Å². The molecule has 0 bridgehead atoms. The van der Waals surface area contributed by atoms with Crippen LogP contribution in [-0.4, -0.2) is 45.5 Å². The van der Waals surface area contributed by atoms with Gasteiger partial charge in [-0.05, 0) is 32.0 Å². The van der Waals surface area contributed by atoms with Crippen molar-refractivity contribution in [2.24, 2.45) is 5.92 Å². The van der Waals surface area contributed by atoms with Crippen LogP contribution in [0.25, 0.3) is 0 Å². The third-order valence-corrected chi connectivity index (χ3v) is 4.88. The lowest BCUT2D eigenvalue weighted by atomic mass is 9.80. The largest absolute Gasteiger partial charge is 0.469 e. The molecular formula is C13H17N3O5S. The van der Waals surface area contributed by atoms with Gasteiger partial charge in [-0.25, -0.2) is 18.1 Å². The molecule has 22 heavy (non-hydrogen) atoms. The molecule has 0 atom stereocenters. The number of aromatic nitrogens is 1. The average Bonchev–Trinajstić information content (AvgIpc) is 2.49. The van der Waals surface area contributed by atoms with Crippen LogP contribution in [0.4, 0.5) is 0 Å². The van der Waals surface area contributed by atoms with Crippen molar-refractivity contribution < 1.29 is 22.7 Å². The minimum Gasteiger partial charge on any atom is -0.469 e. The summed E-state index contributed by atoms with van der Waals surface area (Å²) in [6, 6.07) is 2.57. The second-order valence-corrected chi connectivity index (χ2v) is 6.79. The van der Waals surface area contributed by atoms with Gasteiger partial charge in [0.2, 0.25) is 0 Å². The Bertz CT molecular complexity index is 665. The standard InChI is InChI=1S/C13H17N3O5S/c1-14-22(19,20)11-4-3-8(7-15-11)12(17)16-10-5-9(6-10)13(18)21-2/h3-4,7,9-10,14H,5-6H2,1-2H3,(H,16,17). The first-order valence-corrected chi connectivity index (χ1v) is 8.14. The molecular weight excluding hydrogens is 310 g/mol. The Balaban J connectivity index is 1.93. The van der Waals surface area contributed by atoms with Gasteiger partial charge in [-0.3, -0.25) is 9.59 Å². The van der Waals surface area contributed by atoms with Crippen LogP contribution in [0, 0.1) is 5.92 Å². The van der Waals surface area contributed by atoms with Crippen molar-refractivity contribution in [1.82, 2.24) is 15.0 Å². The highest BCUT2D eigenvalue weighted by Crippen LogP contribution is 2.28. The van der Waals surface area contributed by atoms with E-state index in [1.54, 1.807) is 0 Å². The number of hydrogen-bond acceptors (Lipinski definition) is 6. The molecule has 1 aliphatic rings. The van der Waals surface area contributed by atoms with Crippen molar-refractivity contribution >= 4 is 21.9 Å². The molecule has 1 aromatic rings. The number of ether oxygens (including phenoxy) is 1. The number of carbonyl (C=O) groups excluding carboxylic acids is 2. The van der Waals surface area contributed by atoms with Crippen molar-refractivity contribution in [3.05, 3.63) is 23.9 Å². The third-order valence-electron chi connectivity index (χ3n) is 3.55. The fraction of sp³-hybridized carbons (Fsp3) is 0.462. The molecule has 1 heterocycles. The quantitative estimate of drug-likeness (QED) is 0.716. The molecule has 0 aromatic carbocycles. The highest BCUT2D eigenvalue weighted by Gasteiger charge is 2.36. The molecule has 0 saturated heterocycles. The van der Waals surface area contributed by atoms with Gasteiger partial charge < -0.3 is 10.1 Å². The predicted octanol–water partition coefficient (Wildman–Crippen LogP) is -0.329. The third kappa shape index (κ3) is 3.42. The first kappa shape index (κ1) is 16.4. The number of methoxy groups -OCH3 is 1. The second-order valence-electron chi connectivity index (χ2n) is 4.95. The maximum Gasteiger partial charge on any atom is 0.308 e. The number of esters is 1. The van der Waals surface area contributed by atoms with Crippen molar-refractivity contribution in [3.8, 4) is 0 Å². The first-order chi connectivity index (χ1) is 10.4. The minimum atomic E-state index is -3.62. The van der Waals surface area contributed by atoms with E-state index >= 15 is 0 Å². The molecule has 1 amide bonds. The summed E-state index contributed by atoms with van der Waals surface area (Å²) in [6.45, 7) is 0. The van der Waals surface area contributed by atoms with Crippen LogP contribution in [0.1, 0.15) is 23.2 Å². The molecule has 8 nitrogen and oxygen atoms in total. The molecule has 1 fully saturated rings. The van der Waals surface area contributed by atoms with Crippen molar-refractivity contribution in [1.29, 1.82) is 0 Å². The summed E-state index contributed by atoms with van der Waals surface area (Å²) in [7, 11) is -1.00. The maximum atomic E-state index is 12.0. The summed E-state index contributed by atoms with van der Waals surface area (Å²) in [4.78, 5) is 27.0. The number of nitrogens with one attached hydrogen (secondary N) is 2. The smallest absolute Gasteiger partial charge is 0.308 e. The lowest BCUT2D eigenvalue weighted by molar-refractivity contribution is -0.149. The highest BCUT2D eigenvalue weighted by atomic mass is 32.2. The number of nitrogens with zero attached hydrogens (tertiary/aromatic N) is 1. The number of rotatable bonds is 5. The van der Waals surface area contributed by atoms with E-state index in [2.05, 4.69) is 19.8 Å². The number of pyridine rings is 1. The molecule has 1 aromatic heterocycles. The SMILES string of the molecule is CNS(=O)(=O)c1ccc(C(=O)NC2CC(C(=O)OC)C2)cn1. The number of amides is 1. The van der Waals surface area contributed by atoms with Gasteiger partial charge in [-0.2, -0.15) is 0 Å². The topological polar surface area (TPSA) is 114 Å². The fourth-order valence-corrected chi connectivity index (χ4v) is 2.79. The Morgan fingerprint density at radius 1 is 1.32 bits per heavy atom. The second kappa shape index (κ2) is 6.41. The molecule has 9 heteroatoms. The summed E-state index contributed by atoms with van der Waals surface area (Å²) < 4.78 is 29.8. The monoisotopic (exact) mass is 327 g/mol. The van der Waals surface area contributed by atoms with Gasteiger partial charge >= 0.3 is 5.97 Å². The van der Waals surface area contributed by atoms with Gasteiger partial charge in [0.1, 0.15) is 0 Å². The zero-order chi connectivity index (χ0) is 16.3. The zero-order valence-corrected chi connectivity index (χ0v) is 13.0. The molecule has 1 aliphatic carbocycles. The van der Waals surface area contributed by atoms with Crippen molar-refractivity contribution in [2.45, 2.75) is 23.9 Å². The van der Waals surface area contributed by atoms with Gasteiger partial charge in [0, 0.05) is 12.2 Å². The van der Waals surface area contributed by atoms with Crippen LogP contribution in [0.3, 0.4) is 0 Å². The van der Waals surface area contributed by atoms with Crippen LogP contribution in [0.5, 0.6) is 0 Å². The predicted molar refractivity (Wildman–Crippen MR) is 76.5 cm³/mol. The fourth-order valence-electron chi connectivity index (χ4n) is 2.14. The Labute approximate surface area is 128 Å². The lowest BCUT2D eigenvalue weighted by Crippen LogP contribution is -2.47. The highest BCUT2D eigenvalue weighted by molar-refractivity contribution is 7.89. The summed E-state index contributed by atoms with van der Waals surface area (Å²) in [6.07, 6.45) is 2.28. The first-order valence-electron chi connectivity index (χ1n) is 6.65. The molecule has 0 radical (unpaired) electrons. The van der Waals surface area contributed by atoms with Crippen LogP contribution in [0.15, 0.2) is 23.4 Å². The Morgan fingerprint density at radius 2 is 2.00 bits per heavy atom. The number of hydrogen-bond donors (Lipinski definition) is 2. The molecule has 2 N–H and O–H groups in total. The number of sulfonamides is 1. The molecule has 0 spiro atoms. The maximum absolute atomic E-state index is 12.0. The molecule has 2 rings (SSSR count). The van der Waals surface area contributed by atoms with Crippen LogP contribution in [-0.2, 0) is 19.6 Å². The zero-order valence-electron chi connectivity index (χ0n) is 12.2. The average molecular weight is 327 g/mol. The van der Waals surface area contributed by atoms with Crippen LogP contribution >= 0.6 is 0 Å². The van der Waals surface area contributed by atoms with E-state index in [1.165, 1.54) is 32.5 Å². The van der Waals surface area contributed by atoms with E-state index in [9.17, 15) is 18.0 Å². The molecule has 120 valence electrons. The molecule has 1 saturated carbocycles. The number of carbonyl (C=O) groups is 2. The van der Waals surface area contributed by atoms with Crippen LogP contribution in [0.2, 0.25) is 0 Å². The Kier molecular flexibility index (Phi) is 4.77.